The highest BCUT2D eigenvalue weighted by Gasteiger charge is 2.26. The number of rotatable bonds is 6. The van der Waals surface area contributed by atoms with Gasteiger partial charge in [-0.2, -0.15) is 5.10 Å². The van der Waals surface area contributed by atoms with Crippen molar-refractivity contribution in [3.8, 4) is 5.75 Å². The van der Waals surface area contributed by atoms with Crippen molar-refractivity contribution < 1.29 is 9.53 Å². The summed E-state index contributed by atoms with van der Waals surface area (Å²) in [5.41, 5.74) is 2.03. The first-order valence-electron chi connectivity index (χ1n) is 9.90. The van der Waals surface area contributed by atoms with Gasteiger partial charge < -0.3 is 19.9 Å². The molecule has 1 atom stereocenters. The molecule has 0 bridgehead atoms. The Morgan fingerprint density at radius 1 is 1.36 bits per heavy atom. The molecule has 3 heterocycles. The number of nitrogens with one attached hydrogen (secondary N) is 2. The number of carbonyl (C=O) groups excluding carboxylic acids is 1. The number of nitrogens with zero attached hydrogens (tertiary/aromatic N) is 3. The lowest BCUT2D eigenvalue weighted by Gasteiger charge is -2.35. The molecule has 0 spiro atoms. The summed E-state index contributed by atoms with van der Waals surface area (Å²) in [5, 5.41) is 8.43. The summed E-state index contributed by atoms with van der Waals surface area (Å²) in [6.45, 7) is 2.14. The second kappa shape index (κ2) is 8.37. The summed E-state index contributed by atoms with van der Waals surface area (Å²) in [6.07, 6.45) is 8.00. The van der Waals surface area contributed by atoms with Gasteiger partial charge in [-0.15, -0.1) is 0 Å². The molecule has 2 N–H and O–H groups in total. The van der Waals surface area contributed by atoms with E-state index in [0.29, 0.717) is 6.54 Å². The number of aromatic amines is 1. The fourth-order valence-electron chi connectivity index (χ4n) is 3.95. The van der Waals surface area contributed by atoms with Crippen LogP contribution in [-0.2, 0) is 13.1 Å². The molecular formula is C21H27N5O2. The highest BCUT2D eigenvalue weighted by Crippen LogP contribution is 2.22. The van der Waals surface area contributed by atoms with Gasteiger partial charge >= 0.3 is 6.03 Å². The van der Waals surface area contributed by atoms with Gasteiger partial charge in [-0.05, 0) is 56.0 Å². The molecule has 7 nitrogen and oxygen atoms in total. The molecule has 1 aliphatic rings. The highest BCUT2D eigenvalue weighted by atomic mass is 16.5. The Morgan fingerprint density at radius 3 is 3.11 bits per heavy atom. The summed E-state index contributed by atoms with van der Waals surface area (Å²) in [6, 6.07) is 10.2. The predicted molar refractivity (Wildman–Crippen MR) is 108 cm³/mol. The van der Waals surface area contributed by atoms with E-state index in [1.54, 1.807) is 13.3 Å². The average Bonchev–Trinajstić information content (AvgIpc) is 3.39. The number of amides is 2. The van der Waals surface area contributed by atoms with Crippen molar-refractivity contribution in [2.24, 2.45) is 0 Å². The topological polar surface area (TPSA) is 75.2 Å². The van der Waals surface area contributed by atoms with E-state index in [-0.39, 0.29) is 12.1 Å². The molecule has 1 fully saturated rings. The first kappa shape index (κ1) is 18.4. The van der Waals surface area contributed by atoms with Crippen molar-refractivity contribution in [1.82, 2.24) is 25.0 Å². The Bertz CT molecular complexity index is 918. The number of aryl methyl sites for hydroxylation is 1. The van der Waals surface area contributed by atoms with Crippen LogP contribution in [0.3, 0.4) is 0 Å². The summed E-state index contributed by atoms with van der Waals surface area (Å²) >= 11 is 0. The fraction of sp³-hybridized carbons (Fsp3) is 0.429. The molecule has 2 amide bonds. The zero-order chi connectivity index (χ0) is 19.3. The maximum absolute atomic E-state index is 12.8. The van der Waals surface area contributed by atoms with Gasteiger partial charge in [0.25, 0.3) is 0 Å². The molecule has 2 aromatic heterocycles. The van der Waals surface area contributed by atoms with Crippen LogP contribution in [0.1, 0.15) is 31.4 Å². The molecule has 0 saturated carbocycles. The van der Waals surface area contributed by atoms with Gasteiger partial charge in [0, 0.05) is 48.1 Å². The number of fused-ring (bicyclic) bond motifs is 1. The third-order valence-electron chi connectivity index (χ3n) is 5.45. The quantitative estimate of drug-likeness (QED) is 0.686. The number of ether oxygens (including phenoxy) is 1. The molecule has 0 radical (unpaired) electrons. The smallest absolute Gasteiger partial charge is 0.317 e. The van der Waals surface area contributed by atoms with Crippen LogP contribution in [0, 0.1) is 0 Å². The van der Waals surface area contributed by atoms with Crippen LogP contribution >= 0.6 is 0 Å². The van der Waals surface area contributed by atoms with E-state index in [4.69, 9.17) is 4.74 Å². The normalized spacial score (nSPS) is 17.0. The first-order chi connectivity index (χ1) is 13.7. The second-order valence-electron chi connectivity index (χ2n) is 7.31. The van der Waals surface area contributed by atoms with E-state index in [9.17, 15) is 4.79 Å². The van der Waals surface area contributed by atoms with Gasteiger partial charge in [0.05, 0.1) is 13.7 Å². The second-order valence-corrected chi connectivity index (χ2v) is 7.31. The van der Waals surface area contributed by atoms with Crippen LogP contribution in [0.5, 0.6) is 5.75 Å². The Kier molecular flexibility index (Phi) is 5.50. The largest absolute Gasteiger partial charge is 0.497 e. The summed E-state index contributed by atoms with van der Waals surface area (Å²) in [5.74, 6) is 0.829. The molecule has 1 aromatic carbocycles. The minimum Gasteiger partial charge on any atom is -0.497 e. The van der Waals surface area contributed by atoms with Gasteiger partial charge in [0.1, 0.15) is 5.75 Å². The lowest BCUT2D eigenvalue weighted by Crippen LogP contribution is -2.48. The van der Waals surface area contributed by atoms with E-state index < -0.39 is 0 Å². The van der Waals surface area contributed by atoms with Crippen LogP contribution in [0.4, 0.5) is 4.79 Å². The maximum atomic E-state index is 12.8. The molecule has 0 aliphatic carbocycles. The van der Waals surface area contributed by atoms with Crippen LogP contribution in [0.2, 0.25) is 0 Å². The van der Waals surface area contributed by atoms with Crippen LogP contribution in [0.15, 0.2) is 42.7 Å². The summed E-state index contributed by atoms with van der Waals surface area (Å²) in [7, 11) is 1.66. The van der Waals surface area contributed by atoms with Crippen molar-refractivity contribution in [2.45, 2.75) is 44.8 Å². The number of hydrogen-bond donors (Lipinski definition) is 2. The molecule has 1 unspecified atom stereocenters. The summed E-state index contributed by atoms with van der Waals surface area (Å²) in [4.78, 5) is 18.2. The predicted octanol–water partition coefficient (Wildman–Crippen LogP) is 3.53. The lowest BCUT2D eigenvalue weighted by atomic mass is 10.00. The van der Waals surface area contributed by atoms with Crippen LogP contribution < -0.4 is 10.1 Å². The van der Waals surface area contributed by atoms with Gasteiger partial charge in [-0.1, -0.05) is 0 Å². The van der Waals surface area contributed by atoms with Gasteiger partial charge in [0.15, 0.2) is 0 Å². The van der Waals surface area contributed by atoms with E-state index >= 15 is 0 Å². The minimum atomic E-state index is 0.0152. The molecule has 148 valence electrons. The standard InChI is InChI=1S/C21H27N5O2/c1-28-19-6-7-20-16(14-19)13-17(24-20)15-22-21(27)26-11-3-2-5-18(26)8-12-25-10-4-9-23-25/h4,6-7,9-10,13-14,18,24H,2-3,5,8,11-12,15H2,1H3,(H,22,27). The Balaban J connectivity index is 1.36. The third-order valence-corrected chi connectivity index (χ3v) is 5.45. The van der Waals surface area contributed by atoms with Crippen molar-refractivity contribution in [3.63, 3.8) is 0 Å². The first-order valence-corrected chi connectivity index (χ1v) is 9.90. The van der Waals surface area contributed by atoms with Crippen molar-refractivity contribution >= 4 is 16.9 Å². The van der Waals surface area contributed by atoms with E-state index in [0.717, 1.165) is 54.7 Å². The molecule has 28 heavy (non-hydrogen) atoms. The minimum absolute atomic E-state index is 0.0152. The zero-order valence-electron chi connectivity index (χ0n) is 16.2. The van der Waals surface area contributed by atoms with E-state index in [1.165, 1.54) is 6.42 Å². The Morgan fingerprint density at radius 2 is 2.29 bits per heavy atom. The highest BCUT2D eigenvalue weighted by molar-refractivity contribution is 5.82. The molecule has 3 aromatic rings. The van der Waals surface area contributed by atoms with Crippen molar-refractivity contribution in [1.29, 1.82) is 0 Å². The van der Waals surface area contributed by atoms with Gasteiger partial charge in [0.2, 0.25) is 0 Å². The number of aromatic nitrogens is 3. The average molecular weight is 381 g/mol. The Labute approximate surface area is 164 Å². The maximum Gasteiger partial charge on any atom is 0.317 e. The number of likely N-dealkylation sites (tertiary alicyclic amines) is 1. The molecule has 1 aliphatic heterocycles. The number of benzene rings is 1. The van der Waals surface area contributed by atoms with Crippen molar-refractivity contribution in [2.75, 3.05) is 13.7 Å². The zero-order valence-corrected chi connectivity index (χ0v) is 16.2. The van der Waals surface area contributed by atoms with Gasteiger partial charge in [-0.3, -0.25) is 4.68 Å². The molecule has 7 heteroatoms. The number of H-pyrrole nitrogens is 1. The van der Waals surface area contributed by atoms with E-state index in [2.05, 4.69) is 21.5 Å². The van der Waals surface area contributed by atoms with Crippen molar-refractivity contribution in [3.05, 3.63) is 48.4 Å². The molecule has 1 saturated heterocycles. The lowest BCUT2D eigenvalue weighted by molar-refractivity contribution is 0.143. The summed E-state index contributed by atoms with van der Waals surface area (Å²) < 4.78 is 7.21. The van der Waals surface area contributed by atoms with E-state index in [1.807, 2.05) is 40.0 Å². The number of urea groups is 1. The van der Waals surface area contributed by atoms with Crippen LogP contribution in [0.25, 0.3) is 10.9 Å². The third kappa shape index (κ3) is 4.13. The Hall–Kier alpha value is -2.96. The van der Waals surface area contributed by atoms with Gasteiger partial charge in [-0.25, -0.2) is 4.79 Å². The monoisotopic (exact) mass is 381 g/mol. The molecule has 4 rings (SSSR count). The number of methoxy groups -OCH3 is 1. The van der Waals surface area contributed by atoms with Crippen LogP contribution in [-0.4, -0.2) is 45.4 Å². The molecular weight excluding hydrogens is 354 g/mol. The SMILES string of the molecule is COc1ccc2[nH]c(CNC(=O)N3CCCCC3CCn3cccn3)cc2c1. The fourth-order valence-corrected chi connectivity index (χ4v) is 3.95. The number of piperidine rings is 1. The number of carbonyl (C=O) groups is 1. The number of hydrogen-bond acceptors (Lipinski definition) is 3.